The molecule has 1 unspecified atom stereocenters. The van der Waals surface area contributed by atoms with Crippen LogP contribution in [-0.2, 0) is 0 Å². The van der Waals surface area contributed by atoms with E-state index in [1.165, 1.54) is 0 Å². The quantitative estimate of drug-likeness (QED) is 0.325. The van der Waals surface area contributed by atoms with E-state index in [9.17, 15) is 0 Å². The third-order valence-corrected chi connectivity index (χ3v) is 1.04. The van der Waals surface area contributed by atoms with E-state index in [-0.39, 0.29) is 12.6 Å². The van der Waals surface area contributed by atoms with Gasteiger partial charge in [0.05, 0.1) is 0 Å². The summed E-state index contributed by atoms with van der Waals surface area (Å²) in [5.74, 6) is 0. The van der Waals surface area contributed by atoms with E-state index in [2.05, 4.69) is 20.1 Å². The average Bonchev–Trinajstić information content (AvgIpc) is 1.98. The maximum absolute atomic E-state index is 7.99. The molecule has 0 saturated heterocycles. The number of nitrogens with zero attached hydrogens (tertiary/aromatic N) is 6. The number of hydrogen-bond donors (Lipinski definition) is 0. The summed E-state index contributed by atoms with van der Waals surface area (Å²) >= 11 is 0. The zero-order chi connectivity index (χ0) is 7.82. The fraction of sp³-hybridized carbons (Fsp3) is 1.00. The van der Waals surface area contributed by atoms with Crippen molar-refractivity contribution < 1.29 is 0 Å². The molecule has 0 spiro atoms. The molecule has 6 nitrogen and oxygen atoms in total. The second-order valence-electron chi connectivity index (χ2n) is 1.68. The summed E-state index contributed by atoms with van der Waals surface area (Å²) in [6.07, 6.45) is 0.698. The molecule has 0 aromatic heterocycles. The van der Waals surface area contributed by atoms with Crippen LogP contribution in [0.4, 0.5) is 0 Å². The minimum absolute atomic E-state index is 0.194. The van der Waals surface area contributed by atoms with Gasteiger partial charge in [0.15, 0.2) is 0 Å². The Morgan fingerprint density at radius 1 is 1.40 bits per heavy atom. The van der Waals surface area contributed by atoms with Crippen LogP contribution in [0.25, 0.3) is 20.9 Å². The molecule has 0 saturated carbocycles. The van der Waals surface area contributed by atoms with Gasteiger partial charge >= 0.3 is 0 Å². The lowest BCUT2D eigenvalue weighted by Crippen LogP contribution is -2.04. The molecule has 0 aliphatic heterocycles. The number of azide groups is 2. The van der Waals surface area contributed by atoms with Crippen molar-refractivity contribution in [3.05, 3.63) is 20.9 Å². The van der Waals surface area contributed by atoms with E-state index in [0.717, 1.165) is 0 Å². The van der Waals surface area contributed by atoms with Crippen molar-refractivity contribution in [2.24, 2.45) is 10.2 Å². The van der Waals surface area contributed by atoms with Gasteiger partial charge in [-0.25, -0.2) is 0 Å². The Hall–Kier alpha value is -1.38. The topological polar surface area (TPSA) is 97.5 Å². The molecular formula is C4H8N6. The van der Waals surface area contributed by atoms with Crippen molar-refractivity contribution in [3.63, 3.8) is 0 Å². The lowest BCUT2D eigenvalue weighted by atomic mass is 10.2. The molecule has 0 amide bonds. The van der Waals surface area contributed by atoms with Crippen LogP contribution in [0.3, 0.4) is 0 Å². The molecule has 0 heterocycles. The van der Waals surface area contributed by atoms with Gasteiger partial charge in [-0.15, -0.1) is 0 Å². The van der Waals surface area contributed by atoms with Gasteiger partial charge in [0.2, 0.25) is 0 Å². The molecule has 0 aromatic carbocycles. The minimum atomic E-state index is -0.194. The summed E-state index contributed by atoms with van der Waals surface area (Å²) in [6, 6.07) is -0.194. The van der Waals surface area contributed by atoms with E-state index in [1.807, 2.05) is 6.92 Å². The first-order chi connectivity index (χ1) is 4.85. The maximum atomic E-state index is 7.99. The summed E-state index contributed by atoms with van der Waals surface area (Å²) in [6.45, 7) is 2.11. The summed E-state index contributed by atoms with van der Waals surface area (Å²) in [7, 11) is 0. The Labute approximate surface area is 58.1 Å². The first-order valence-corrected chi connectivity index (χ1v) is 2.90. The molecule has 0 aliphatic carbocycles. The lowest BCUT2D eigenvalue weighted by Gasteiger charge is -1.99. The third kappa shape index (κ3) is 3.60. The van der Waals surface area contributed by atoms with Gasteiger partial charge in [0, 0.05) is 22.4 Å². The van der Waals surface area contributed by atoms with Crippen molar-refractivity contribution >= 4 is 0 Å². The lowest BCUT2D eigenvalue weighted by molar-refractivity contribution is 0.653. The van der Waals surface area contributed by atoms with Gasteiger partial charge in [-0.3, -0.25) is 0 Å². The Bertz CT molecular complexity index is 174. The van der Waals surface area contributed by atoms with E-state index in [0.29, 0.717) is 6.42 Å². The standard InChI is InChI=1S/C4H8N6/c1-2-4(8-10-6)3-7-9-5/h4H,2-3H2,1H3. The van der Waals surface area contributed by atoms with E-state index in [1.54, 1.807) is 0 Å². The van der Waals surface area contributed by atoms with Gasteiger partial charge in [0.1, 0.15) is 0 Å². The van der Waals surface area contributed by atoms with Crippen molar-refractivity contribution in [2.45, 2.75) is 19.4 Å². The number of hydrogen-bond acceptors (Lipinski definition) is 2. The highest BCUT2D eigenvalue weighted by Gasteiger charge is 1.98. The van der Waals surface area contributed by atoms with Crippen molar-refractivity contribution in [1.29, 1.82) is 0 Å². The second-order valence-corrected chi connectivity index (χ2v) is 1.68. The van der Waals surface area contributed by atoms with Gasteiger partial charge in [0.25, 0.3) is 0 Å². The summed E-state index contributed by atoms with van der Waals surface area (Å²) in [5.41, 5.74) is 15.9. The van der Waals surface area contributed by atoms with Gasteiger partial charge < -0.3 is 0 Å². The molecule has 1 atom stereocenters. The van der Waals surface area contributed by atoms with Crippen LogP contribution in [0.15, 0.2) is 10.2 Å². The summed E-state index contributed by atoms with van der Waals surface area (Å²) in [4.78, 5) is 5.15. The highest BCUT2D eigenvalue weighted by molar-refractivity contribution is 4.67. The molecule has 0 bridgehead atoms. The fourth-order valence-corrected chi connectivity index (χ4v) is 0.451. The second kappa shape index (κ2) is 5.75. The van der Waals surface area contributed by atoms with E-state index in [4.69, 9.17) is 11.1 Å². The van der Waals surface area contributed by atoms with Crippen molar-refractivity contribution in [3.8, 4) is 0 Å². The maximum Gasteiger partial charge on any atom is 0.0427 e. The summed E-state index contributed by atoms with van der Waals surface area (Å²) < 4.78 is 0. The van der Waals surface area contributed by atoms with Crippen LogP contribution < -0.4 is 0 Å². The predicted molar refractivity (Wildman–Crippen MR) is 37.2 cm³/mol. The predicted octanol–water partition coefficient (Wildman–Crippen LogP) is 2.39. The molecule has 0 fully saturated rings. The smallest absolute Gasteiger partial charge is 0.0427 e. The molecule has 0 rings (SSSR count). The Morgan fingerprint density at radius 2 is 2.10 bits per heavy atom. The fourth-order valence-electron chi connectivity index (χ4n) is 0.451. The van der Waals surface area contributed by atoms with Crippen LogP contribution in [0.2, 0.25) is 0 Å². The largest absolute Gasteiger partial charge is 0.0936 e. The molecular weight excluding hydrogens is 132 g/mol. The monoisotopic (exact) mass is 140 g/mol. The molecule has 0 aromatic rings. The summed E-state index contributed by atoms with van der Waals surface area (Å²) in [5, 5.41) is 6.67. The first kappa shape index (κ1) is 8.62. The normalized spacial score (nSPS) is 10.9. The Balaban J connectivity index is 3.81. The SMILES string of the molecule is CCC(CN=[N+]=[N-])N=[N+]=[N-]. The van der Waals surface area contributed by atoms with Crippen LogP contribution in [0.5, 0.6) is 0 Å². The van der Waals surface area contributed by atoms with Gasteiger partial charge in [-0.05, 0) is 17.5 Å². The van der Waals surface area contributed by atoms with Gasteiger partial charge in [-0.1, -0.05) is 17.2 Å². The van der Waals surface area contributed by atoms with Crippen LogP contribution >= 0.6 is 0 Å². The molecule has 54 valence electrons. The van der Waals surface area contributed by atoms with Crippen LogP contribution in [0, 0.1) is 0 Å². The third-order valence-electron chi connectivity index (χ3n) is 1.04. The van der Waals surface area contributed by atoms with Crippen LogP contribution in [0.1, 0.15) is 13.3 Å². The molecule has 0 radical (unpaired) electrons. The average molecular weight is 140 g/mol. The molecule has 0 aliphatic rings. The Kier molecular flexibility index (Phi) is 4.96. The van der Waals surface area contributed by atoms with Gasteiger partial charge in [-0.2, -0.15) is 0 Å². The molecule has 0 N–H and O–H groups in total. The van der Waals surface area contributed by atoms with Crippen molar-refractivity contribution in [2.75, 3.05) is 6.54 Å². The highest BCUT2D eigenvalue weighted by Crippen LogP contribution is 1.97. The van der Waals surface area contributed by atoms with E-state index < -0.39 is 0 Å². The first-order valence-electron chi connectivity index (χ1n) is 2.90. The Morgan fingerprint density at radius 3 is 2.50 bits per heavy atom. The van der Waals surface area contributed by atoms with E-state index >= 15 is 0 Å². The zero-order valence-electron chi connectivity index (χ0n) is 5.67. The highest BCUT2D eigenvalue weighted by atomic mass is 15.2. The molecule has 6 heteroatoms. The molecule has 10 heavy (non-hydrogen) atoms. The zero-order valence-corrected chi connectivity index (χ0v) is 5.67. The van der Waals surface area contributed by atoms with Crippen molar-refractivity contribution in [1.82, 2.24) is 0 Å². The van der Waals surface area contributed by atoms with Crippen LogP contribution in [-0.4, -0.2) is 12.6 Å². The minimum Gasteiger partial charge on any atom is -0.0936 e. The number of rotatable bonds is 4.